The van der Waals surface area contributed by atoms with Crippen molar-refractivity contribution >= 4 is 45.9 Å². The molecule has 0 spiro atoms. The molecule has 3 aromatic carbocycles. The summed E-state index contributed by atoms with van der Waals surface area (Å²) in [6.07, 6.45) is 0. The van der Waals surface area contributed by atoms with Crippen LogP contribution in [0.15, 0.2) is 76.7 Å². The molecular formula is C24H20ClN3O3S. The average molecular weight is 466 g/mol. The van der Waals surface area contributed by atoms with Gasteiger partial charge in [0.25, 0.3) is 5.56 Å². The number of nitrogens with zero attached hydrogens (tertiary/aromatic N) is 2. The van der Waals surface area contributed by atoms with Crippen molar-refractivity contribution in [2.75, 3.05) is 18.2 Å². The first kappa shape index (κ1) is 21.9. The number of carbonyl (C=O) groups excluding carboxylic acids is 1. The molecule has 0 saturated heterocycles. The fourth-order valence-corrected chi connectivity index (χ4v) is 4.23. The van der Waals surface area contributed by atoms with Crippen LogP contribution in [-0.4, -0.2) is 28.3 Å². The Hall–Kier alpha value is -3.29. The lowest BCUT2D eigenvalue weighted by Gasteiger charge is -2.14. The van der Waals surface area contributed by atoms with Crippen LogP contribution in [0.5, 0.6) is 5.75 Å². The zero-order valence-electron chi connectivity index (χ0n) is 17.5. The summed E-state index contributed by atoms with van der Waals surface area (Å²) in [5.41, 5.74) is 2.42. The maximum atomic E-state index is 13.3. The number of amides is 1. The maximum absolute atomic E-state index is 13.3. The van der Waals surface area contributed by atoms with Gasteiger partial charge in [0.1, 0.15) is 5.75 Å². The van der Waals surface area contributed by atoms with E-state index in [4.69, 9.17) is 16.3 Å². The molecule has 1 heterocycles. The van der Waals surface area contributed by atoms with Gasteiger partial charge in [0.2, 0.25) is 5.91 Å². The zero-order valence-corrected chi connectivity index (χ0v) is 19.0. The van der Waals surface area contributed by atoms with E-state index in [-0.39, 0.29) is 17.2 Å². The van der Waals surface area contributed by atoms with Gasteiger partial charge in [0.05, 0.1) is 29.5 Å². The second-order valence-corrected chi connectivity index (χ2v) is 8.35. The third kappa shape index (κ3) is 4.49. The maximum Gasteiger partial charge on any atom is 0.266 e. The van der Waals surface area contributed by atoms with Crippen molar-refractivity contribution in [1.29, 1.82) is 0 Å². The Morgan fingerprint density at radius 1 is 1.12 bits per heavy atom. The molecule has 0 unspecified atom stereocenters. The van der Waals surface area contributed by atoms with Gasteiger partial charge < -0.3 is 10.1 Å². The largest absolute Gasteiger partial charge is 0.497 e. The number of nitrogens with one attached hydrogen (secondary N) is 1. The molecule has 4 aromatic rings. The van der Waals surface area contributed by atoms with E-state index < -0.39 is 0 Å². The highest BCUT2D eigenvalue weighted by atomic mass is 35.5. The number of aromatic nitrogens is 2. The standard InChI is InChI=1S/C24H20ClN3O3S/c1-15-19(25)10-6-12-20(15)26-22(29)14-32-24-27-21-11-4-3-9-18(21)23(30)28(24)16-7-5-8-17(13-16)31-2/h3-13H,14H2,1-2H3,(H,26,29). The monoisotopic (exact) mass is 465 g/mol. The summed E-state index contributed by atoms with van der Waals surface area (Å²) in [5.74, 6) is 0.466. The molecule has 32 heavy (non-hydrogen) atoms. The third-order valence-corrected chi connectivity index (χ3v) is 6.28. The number of para-hydroxylation sites is 1. The second kappa shape index (κ2) is 9.46. The van der Waals surface area contributed by atoms with Crippen LogP contribution in [-0.2, 0) is 4.79 Å². The Morgan fingerprint density at radius 2 is 1.91 bits per heavy atom. The number of carbonyl (C=O) groups is 1. The number of ether oxygens (including phenoxy) is 1. The topological polar surface area (TPSA) is 73.2 Å². The van der Waals surface area contributed by atoms with Crippen molar-refractivity contribution < 1.29 is 9.53 Å². The number of hydrogen-bond acceptors (Lipinski definition) is 5. The van der Waals surface area contributed by atoms with E-state index in [1.165, 1.54) is 16.3 Å². The van der Waals surface area contributed by atoms with E-state index in [1.54, 1.807) is 67.8 Å². The first-order chi connectivity index (χ1) is 15.5. The predicted molar refractivity (Wildman–Crippen MR) is 129 cm³/mol. The minimum atomic E-state index is -0.222. The number of anilines is 1. The highest BCUT2D eigenvalue weighted by Crippen LogP contribution is 2.25. The molecule has 0 saturated carbocycles. The highest BCUT2D eigenvalue weighted by Gasteiger charge is 2.16. The summed E-state index contributed by atoms with van der Waals surface area (Å²) in [6.45, 7) is 1.84. The molecule has 0 atom stereocenters. The summed E-state index contributed by atoms with van der Waals surface area (Å²) >= 11 is 7.33. The number of halogens is 1. The van der Waals surface area contributed by atoms with Crippen LogP contribution in [0.1, 0.15) is 5.56 Å². The average Bonchev–Trinajstić information content (AvgIpc) is 2.81. The SMILES string of the molecule is COc1cccc(-n2c(SCC(=O)Nc3cccc(Cl)c3C)nc3ccccc3c2=O)c1. The van der Waals surface area contributed by atoms with Crippen LogP contribution < -0.4 is 15.6 Å². The zero-order chi connectivity index (χ0) is 22.7. The number of benzene rings is 3. The Labute approximate surface area is 194 Å². The van der Waals surface area contributed by atoms with Gasteiger partial charge in [0, 0.05) is 16.8 Å². The van der Waals surface area contributed by atoms with Gasteiger partial charge in [-0.1, -0.05) is 47.6 Å². The fourth-order valence-electron chi connectivity index (χ4n) is 3.25. The van der Waals surface area contributed by atoms with Crippen molar-refractivity contribution in [3.05, 3.63) is 87.7 Å². The van der Waals surface area contributed by atoms with Crippen LogP contribution in [0.4, 0.5) is 5.69 Å². The Bertz CT molecular complexity index is 1370. The van der Waals surface area contributed by atoms with Crippen molar-refractivity contribution in [1.82, 2.24) is 9.55 Å². The predicted octanol–water partition coefficient (Wildman–Crippen LogP) is 5.09. The lowest BCUT2D eigenvalue weighted by molar-refractivity contribution is -0.113. The molecule has 1 N–H and O–H groups in total. The van der Waals surface area contributed by atoms with E-state index in [0.29, 0.717) is 38.2 Å². The number of rotatable bonds is 6. The number of fused-ring (bicyclic) bond motifs is 1. The summed E-state index contributed by atoms with van der Waals surface area (Å²) in [4.78, 5) is 30.6. The van der Waals surface area contributed by atoms with E-state index in [2.05, 4.69) is 10.3 Å². The van der Waals surface area contributed by atoms with Gasteiger partial charge >= 0.3 is 0 Å². The van der Waals surface area contributed by atoms with Gasteiger partial charge in [-0.2, -0.15) is 0 Å². The molecule has 0 aliphatic carbocycles. The van der Waals surface area contributed by atoms with Gasteiger partial charge in [-0.15, -0.1) is 0 Å². The number of methoxy groups -OCH3 is 1. The molecule has 0 aliphatic heterocycles. The second-order valence-electron chi connectivity index (χ2n) is 7.00. The van der Waals surface area contributed by atoms with Crippen LogP contribution in [0.3, 0.4) is 0 Å². The first-order valence-corrected chi connectivity index (χ1v) is 11.2. The van der Waals surface area contributed by atoms with Crippen LogP contribution in [0.25, 0.3) is 16.6 Å². The fraction of sp³-hybridized carbons (Fsp3) is 0.125. The molecule has 6 nitrogen and oxygen atoms in total. The molecule has 0 radical (unpaired) electrons. The highest BCUT2D eigenvalue weighted by molar-refractivity contribution is 7.99. The molecule has 1 aromatic heterocycles. The summed E-state index contributed by atoms with van der Waals surface area (Å²) in [5, 5.41) is 4.37. The van der Waals surface area contributed by atoms with E-state index >= 15 is 0 Å². The van der Waals surface area contributed by atoms with Crippen LogP contribution in [0.2, 0.25) is 5.02 Å². The van der Waals surface area contributed by atoms with E-state index in [0.717, 1.165) is 5.56 Å². The molecule has 4 rings (SSSR count). The molecule has 1 amide bonds. The Balaban J connectivity index is 1.69. The van der Waals surface area contributed by atoms with E-state index in [9.17, 15) is 9.59 Å². The summed E-state index contributed by atoms with van der Waals surface area (Å²) in [6, 6.07) is 19.7. The summed E-state index contributed by atoms with van der Waals surface area (Å²) in [7, 11) is 1.57. The van der Waals surface area contributed by atoms with Gasteiger partial charge in [-0.05, 0) is 48.9 Å². The van der Waals surface area contributed by atoms with Crippen LogP contribution in [0, 0.1) is 6.92 Å². The van der Waals surface area contributed by atoms with Gasteiger partial charge in [0.15, 0.2) is 5.16 Å². The lowest BCUT2D eigenvalue weighted by Crippen LogP contribution is -2.23. The molecular weight excluding hydrogens is 446 g/mol. The minimum absolute atomic E-state index is 0.0701. The molecule has 0 bridgehead atoms. The lowest BCUT2D eigenvalue weighted by atomic mass is 10.2. The van der Waals surface area contributed by atoms with Crippen molar-refractivity contribution in [2.24, 2.45) is 0 Å². The molecule has 162 valence electrons. The van der Waals surface area contributed by atoms with Crippen molar-refractivity contribution in [3.63, 3.8) is 0 Å². The van der Waals surface area contributed by atoms with Gasteiger partial charge in [-0.3, -0.25) is 14.2 Å². The Morgan fingerprint density at radius 3 is 2.72 bits per heavy atom. The number of thioether (sulfide) groups is 1. The van der Waals surface area contributed by atoms with Crippen LogP contribution >= 0.6 is 23.4 Å². The normalized spacial score (nSPS) is 10.8. The third-order valence-electron chi connectivity index (χ3n) is 4.93. The van der Waals surface area contributed by atoms with Crippen molar-refractivity contribution in [2.45, 2.75) is 12.1 Å². The van der Waals surface area contributed by atoms with E-state index in [1.807, 2.05) is 13.0 Å². The van der Waals surface area contributed by atoms with Crippen molar-refractivity contribution in [3.8, 4) is 11.4 Å². The quantitative estimate of drug-likeness (QED) is 0.317. The molecule has 0 fully saturated rings. The smallest absolute Gasteiger partial charge is 0.266 e. The Kier molecular flexibility index (Phi) is 6.48. The molecule has 8 heteroatoms. The first-order valence-electron chi connectivity index (χ1n) is 9.82. The summed E-state index contributed by atoms with van der Waals surface area (Å²) < 4.78 is 6.82. The minimum Gasteiger partial charge on any atom is -0.497 e. The molecule has 0 aliphatic rings. The van der Waals surface area contributed by atoms with Gasteiger partial charge in [-0.25, -0.2) is 4.98 Å². The number of hydrogen-bond donors (Lipinski definition) is 1.